The molecule has 4 N–H and O–H groups in total. The third kappa shape index (κ3) is 6.61. The Hall–Kier alpha value is -3.45. The second-order valence-corrected chi connectivity index (χ2v) is 10.1. The molecule has 0 saturated carbocycles. The van der Waals surface area contributed by atoms with E-state index >= 15 is 0 Å². The van der Waals surface area contributed by atoms with E-state index in [2.05, 4.69) is 32.2 Å². The number of phenols is 3. The van der Waals surface area contributed by atoms with Gasteiger partial charge in [0.05, 0.1) is 22.5 Å². The number of hydrogen-bond donors (Lipinski definition) is 4. The molecular formula is C29H38N2O5. The Morgan fingerprint density at radius 1 is 1.03 bits per heavy atom. The van der Waals surface area contributed by atoms with E-state index in [1.54, 1.807) is 19.2 Å². The molecule has 0 saturated heterocycles. The van der Waals surface area contributed by atoms with Crippen LogP contribution in [-0.2, 0) is 4.74 Å². The van der Waals surface area contributed by atoms with Crippen LogP contribution in [0.25, 0.3) is 0 Å². The van der Waals surface area contributed by atoms with E-state index < -0.39 is 0 Å². The lowest BCUT2D eigenvalue weighted by Crippen LogP contribution is -2.30. The minimum absolute atomic E-state index is 0.0919. The van der Waals surface area contributed by atoms with Crippen molar-refractivity contribution in [2.45, 2.75) is 65.4 Å². The maximum absolute atomic E-state index is 13.4. The molecule has 0 radical (unpaired) electrons. The molecule has 2 aromatic carbocycles. The molecule has 0 atom stereocenters. The molecule has 1 aliphatic rings. The maximum atomic E-state index is 13.4. The van der Waals surface area contributed by atoms with Crippen molar-refractivity contribution in [3.63, 3.8) is 0 Å². The second-order valence-electron chi connectivity index (χ2n) is 10.1. The van der Waals surface area contributed by atoms with Crippen molar-refractivity contribution in [3.05, 3.63) is 59.2 Å². The number of phenolic OH excluding ortho intramolecular Hbond substituents is 3. The quantitative estimate of drug-likeness (QED) is 0.165. The molecule has 0 fully saturated rings. The van der Waals surface area contributed by atoms with Gasteiger partial charge < -0.3 is 30.3 Å². The van der Waals surface area contributed by atoms with Gasteiger partial charge in [0.15, 0.2) is 0 Å². The summed E-state index contributed by atoms with van der Waals surface area (Å²) in [5.74, 6) is -0.804. The first kappa shape index (κ1) is 27.1. The number of anilines is 3. The van der Waals surface area contributed by atoms with Crippen LogP contribution in [0.5, 0.6) is 17.2 Å². The third-order valence-electron chi connectivity index (χ3n) is 6.70. The van der Waals surface area contributed by atoms with Crippen molar-refractivity contribution < 1.29 is 24.9 Å². The zero-order valence-electron chi connectivity index (χ0n) is 21.9. The van der Waals surface area contributed by atoms with E-state index in [4.69, 9.17) is 4.74 Å². The minimum Gasteiger partial charge on any atom is -0.508 e. The number of nitrogens with one attached hydrogen (secondary N) is 1. The van der Waals surface area contributed by atoms with E-state index in [0.29, 0.717) is 5.69 Å². The number of benzene rings is 2. The molecule has 0 aromatic heterocycles. The number of hydrogen-bond acceptors (Lipinski definition) is 6. The Kier molecular flexibility index (Phi) is 8.69. The summed E-state index contributed by atoms with van der Waals surface area (Å²) in [4.78, 5) is 14.9. The molecular weight excluding hydrogens is 456 g/mol. The molecule has 7 nitrogen and oxygen atoms in total. The molecule has 1 heterocycles. The number of nitrogens with zero attached hydrogens (tertiary/aromatic N) is 1. The van der Waals surface area contributed by atoms with Gasteiger partial charge in [-0.25, -0.2) is 0 Å². The summed E-state index contributed by atoms with van der Waals surface area (Å²) >= 11 is 0. The highest BCUT2D eigenvalue weighted by molar-refractivity contribution is 6.15. The molecule has 0 spiro atoms. The van der Waals surface area contributed by atoms with Crippen LogP contribution < -0.4 is 10.2 Å². The lowest BCUT2D eigenvalue weighted by Gasteiger charge is -2.22. The highest BCUT2D eigenvalue weighted by Gasteiger charge is 2.30. The Balaban J connectivity index is 1.72. The Labute approximate surface area is 213 Å². The van der Waals surface area contributed by atoms with Gasteiger partial charge in [-0.3, -0.25) is 4.79 Å². The lowest BCUT2D eigenvalue weighted by molar-refractivity contribution is 0.0140. The van der Waals surface area contributed by atoms with Gasteiger partial charge in [-0.05, 0) is 71.9 Å². The molecule has 0 bridgehead atoms. The Morgan fingerprint density at radius 3 is 2.47 bits per heavy atom. The van der Waals surface area contributed by atoms with Crippen LogP contribution in [0.4, 0.5) is 17.1 Å². The van der Waals surface area contributed by atoms with Gasteiger partial charge in [0.1, 0.15) is 22.9 Å². The smallest absolute Gasteiger partial charge is 0.260 e. The summed E-state index contributed by atoms with van der Waals surface area (Å²) in [5.41, 5.74) is 3.50. The monoisotopic (exact) mass is 494 g/mol. The molecule has 2 aromatic rings. The number of amides is 1. The molecule has 7 heteroatoms. The van der Waals surface area contributed by atoms with Gasteiger partial charge in [-0.15, -0.1) is 0 Å². The minimum atomic E-state index is -0.337. The fourth-order valence-electron chi connectivity index (χ4n) is 4.24. The molecule has 194 valence electrons. The fraction of sp³-hybridized carbons (Fsp3) is 0.414. The van der Waals surface area contributed by atoms with Crippen molar-refractivity contribution in [2.24, 2.45) is 0 Å². The normalized spacial score (nSPS) is 14.2. The van der Waals surface area contributed by atoms with E-state index in [0.717, 1.165) is 37.7 Å². The first-order valence-corrected chi connectivity index (χ1v) is 12.4. The number of para-hydroxylation sites is 1. The average molecular weight is 495 g/mol. The molecule has 0 aliphatic carbocycles. The lowest BCUT2D eigenvalue weighted by atomic mass is 9.98. The van der Waals surface area contributed by atoms with E-state index in [-0.39, 0.29) is 52.2 Å². The average Bonchev–Trinajstić information content (AvgIpc) is 2.93. The summed E-state index contributed by atoms with van der Waals surface area (Å²) in [5, 5.41) is 33.9. The Bertz CT molecular complexity index is 1170. The maximum Gasteiger partial charge on any atom is 0.260 e. The molecule has 3 rings (SSSR count). The number of aromatic hydroxyl groups is 3. The van der Waals surface area contributed by atoms with Gasteiger partial charge in [0, 0.05) is 25.8 Å². The SMILES string of the molecule is COC(C)(C)CCC/C(C)=C/CC/C(C)=C/CN1C(=O)c2cccc(O)c2Nc2c(O)cc(O)cc21. The first-order chi connectivity index (χ1) is 17.0. The van der Waals surface area contributed by atoms with Crippen LogP contribution >= 0.6 is 0 Å². The number of carbonyl (C=O) groups excluding carboxylic acids is 1. The van der Waals surface area contributed by atoms with Crippen molar-refractivity contribution in [2.75, 3.05) is 23.9 Å². The second kappa shape index (κ2) is 11.5. The first-order valence-electron chi connectivity index (χ1n) is 12.4. The van der Waals surface area contributed by atoms with Crippen LogP contribution in [0, 0.1) is 0 Å². The van der Waals surface area contributed by atoms with E-state index in [1.165, 1.54) is 28.7 Å². The fourth-order valence-corrected chi connectivity index (χ4v) is 4.24. The highest BCUT2D eigenvalue weighted by Crippen LogP contribution is 2.45. The van der Waals surface area contributed by atoms with E-state index in [1.807, 2.05) is 13.0 Å². The van der Waals surface area contributed by atoms with Crippen LogP contribution in [0.2, 0.25) is 0 Å². The summed E-state index contributed by atoms with van der Waals surface area (Å²) in [6.45, 7) is 8.66. The summed E-state index contributed by atoms with van der Waals surface area (Å²) in [7, 11) is 1.75. The topological polar surface area (TPSA) is 102 Å². The number of ether oxygens (including phenoxy) is 1. The van der Waals surface area contributed by atoms with Crippen molar-refractivity contribution in [1.29, 1.82) is 0 Å². The van der Waals surface area contributed by atoms with Crippen molar-refractivity contribution in [1.82, 2.24) is 0 Å². The van der Waals surface area contributed by atoms with Crippen LogP contribution in [0.15, 0.2) is 53.6 Å². The molecule has 0 unspecified atom stereocenters. The zero-order valence-corrected chi connectivity index (χ0v) is 21.9. The predicted octanol–water partition coefficient (Wildman–Crippen LogP) is 6.78. The zero-order chi connectivity index (χ0) is 26.5. The number of allylic oxidation sites excluding steroid dienone is 3. The molecule has 1 amide bonds. The Morgan fingerprint density at radius 2 is 1.75 bits per heavy atom. The van der Waals surface area contributed by atoms with E-state index in [9.17, 15) is 20.1 Å². The molecule has 1 aliphatic heterocycles. The van der Waals surface area contributed by atoms with Gasteiger partial charge in [0.2, 0.25) is 0 Å². The summed E-state index contributed by atoms with van der Waals surface area (Å²) in [6.07, 6.45) is 9.16. The number of methoxy groups -OCH3 is 1. The van der Waals surface area contributed by atoms with Crippen molar-refractivity contribution in [3.8, 4) is 17.2 Å². The number of rotatable bonds is 10. The van der Waals surface area contributed by atoms with Gasteiger partial charge in [-0.2, -0.15) is 0 Å². The van der Waals surface area contributed by atoms with Gasteiger partial charge >= 0.3 is 0 Å². The summed E-state index contributed by atoms with van der Waals surface area (Å²) < 4.78 is 5.49. The van der Waals surface area contributed by atoms with Gasteiger partial charge in [0.25, 0.3) is 5.91 Å². The van der Waals surface area contributed by atoms with Crippen molar-refractivity contribution >= 4 is 23.0 Å². The summed E-state index contributed by atoms with van der Waals surface area (Å²) in [6, 6.07) is 7.34. The van der Waals surface area contributed by atoms with Crippen LogP contribution in [-0.4, -0.2) is 40.5 Å². The van der Waals surface area contributed by atoms with Crippen LogP contribution in [0.3, 0.4) is 0 Å². The molecule has 36 heavy (non-hydrogen) atoms. The van der Waals surface area contributed by atoms with Gasteiger partial charge in [-0.1, -0.05) is 29.4 Å². The van der Waals surface area contributed by atoms with Crippen LogP contribution in [0.1, 0.15) is 70.2 Å². The third-order valence-corrected chi connectivity index (χ3v) is 6.70. The largest absolute Gasteiger partial charge is 0.508 e. The highest BCUT2D eigenvalue weighted by atomic mass is 16.5. The number of fused-ring (bicyclic) bond motifs is 2. The standard InChI is InChI=1S/C29H38N2O5/c1-19(11-8-15-29(3,4)36-5)9-6-10-20(2)14-16-31-23-17-21(32)18-25(34)27(23)30-26-22(28(31)35)12-7-13-24(26)33/h7,9,12-14,17-18,30,32-34H,6,8,10-11,15-16H2,1-5H3/b19-9+,20-14+. The number of carbonyl (C=O) groups is 1. The predicted molar refractivity (Wildman–Crippen MR) is 145 cm³/mol.